The molecule has 0 bridgehead atoms. The highest BCUT2D eigenvalue weighted by molar-refractivity contribution is 7.86. The topological polar surface area (TPSA) is 86.5 Å². The smallest absolute Gasteiger partial charge is 0.346 e. The van der Waals surface area contributed by atoms with Crippen LogP contribution >= 0.6 is 11.3 Å². The third-order valence-corrected chi connectivity index (χ3v) is 5.04. The molecule has 0 radical (unpaired) electrons. The normalized spacial score (nSPS) is 11.9. The summed E-state index contributed by atoms with van der Waals surface area (Å²) in [4.78, 5) is 16.8. The predicted octanol–water partition coefficient (Wildman–Crippen LogP) is 3.41. The van der Waals surface area contributed by atoms with Crippen molar-refractivity contribution in [1.29, 1.82) is 0 Å². The summed E-state index contributed by atoms with van der Waals surface area (Å²) in [7, 11) is -3.65. The third kappa shape index (κ3) is 3.13. The van der Waals surface area contributed by atoms with Crippen molar-refractivity contribution < 1.29 is 17.0 Å². The molecule has 0 unspecified atom stereocenters. The first-order valence-corrected chi connectivity index (χ1v) is 9.86. The van der Waals surface area contributed by atoms with Gasteiger partial charge in [-0.3, -0.25) is 0 Å². The largest absolute Gasteiger partial charge is 0.422 e. The quantitative estimate of drug-likeness (QED) is 0.404. The first-order valence-electron chi connectivity index (χ1n) is 7.22. The molecular formula is C17H11NO5S2. The van der Waals surface area contributed by atoms with Crippen LogP contribution in [0.3, 0.4) is 0 Å². The van der Waals surface area contributed by atoms with Crippen molar-refractivity contribution >= 4 is 42.6 Å². The number of hydrogen-bond acceptors (Lipinski definition) is 7. The van der Waals surface area contributed by atoms with Crippen molar-refractivity contribution in [3.8, 4) is 16.3 Å². The molecule has 0 fully saturated rings. The van der Waals surface area contributed by atoms with E-state index < -0.39 is 15.7 Å². The van der Waals surface area contributed by atoms with E-state index in [9.17, 15) is 13.2 Å². The van der Waals surface area contributed by atoms with Gasteiger partial charge in [-0.25, -0.2) is 9.78 Å². The molecule has 0 saturated heterocycles. The maximum Gasteiger partial charge on any atom is 0.346 e. The summed E-state index contributed by atoms with van der Waals surface area (Å²) in [6.45, 7) is 0. The highest BCUT2D eigenvalue weighted by Crippen LogP contribution is 2.30. The van der Waals surface area contributed by atoms with Crippen LogP contribution in [0.25, 0.3) is 31.8 Å². The first-order chi connectivity index (χ1) is 11.9. The van der Waals surface area contributed by atoms with Crippen LogP contribution < -0.4 is 9.81 Å². The van der Waals surface area contributed by atoms with Gasteiger partial charge in [0.05, 0.1) is 22.0 Å². The molecule has 2 heterocycles. The predicted molar refractivity (Wildman–Crippen MR) is 96.6 cm³/mol. The summed E-state index contributed by atoms with van der Waals surface area (Å²) >= 11 is 1.41. The van der Waals surface area contributed by atoms with Gasteiger partial charge in [-0.2, -0.15) is 8.42 Å². The number of nitrogens with zero attached hydrogens (tertiary/aromatic N) is 1. The van der Waals surface area contributed by atoms with Crippen LogP contribution in [0, 0.1) is 0 Å². The highest BCUT2D eigenvalue weighted by atomic mass is 32.2. The molecule has 4 rings (SSSR count). The van der Waals surface area contributed by atoms with Gasteiger partial charge in [-0.15, -0.1) is 11.3 Å². The Morgan fingerprint density at radius 3 is 2.68 bits per heavy atom. The van der Waals surface area contributed by atoms with Crippen LogP contribution in [-0.4, -0.2) is 19.7 Å². The Kier molecular flexibility index (Phi) is 3.59. The Hall–Kier alpha value is -2.71. The molecule has 0 aliphatic heterocycles. The van der Waals surface area contributed by atoms with E-state index in [1.54, 1.807) is 12.1 Å². The van der Waals surface area contributed by atoms with Gasteiger partial charge in [0.25, 0.3) is 0 Å². The average molecular weight is 373 g/mol. The van der Waals surface area contributed by atoms with Gasteiger partial charge in [0.2, 0.25) is 0 Å². The molecule has 0 amide bonds. The lowest BCUT2D eigenvalue weighted by molar-refractivity contribution is 0.492. The van der Waals surface area contributed by atoms with E-state index in [1.807, 2.05) is 24.3 Å². The Morgan fingerprint density at radius 1 is 1.12 bits per heavy atom. The molecule has 4 aromatic rings. The Bertz CT molecular complexity index is 1240. The van der Waals surface area contributed by atoms with E-state index in [1.165, 1.54) is 23.5 Å². The molecule has 126 valence electrons. The van der Waals surface area contributed by atoms with Crippen LogP contribution in [-0.2, 0) is 10.1 Å². The van der Waals surface area contributed by atoms with Gasteiger partial charge >= 0.3 is 15.7 Å². The molecule has 0 atom stereocenters. The summed E-state index contributed by atoms with van der Waals surface area (Å²) in [5, 5.41) is 1.23. The van der Waals surface area contributed by atoms with Crippen molar-refractivity contribution in [2.24, 2.45) is 0 Å². The molecule has 8 heteroatoms. The minimum Gasteiger partial charge on any atom is -0.422 e. The second-order valence-corrected chi connectivity index (χ2v) is 8.03. The summed E-state index contributed by atoms with van der Waals surface area (Å²) in [6, 6.07) is 13.8. The summed E-state index contributed by atoms with van der Waals surface area (Å²) in [5.41, 5.74) is 0.892. The van der Waals surface area contributed by atoms with E-state index >= 15 is 0 Å². The van der Waals surface area contributed by atoms with Gasteiger partial charge in [0.15, 0.2) is 0 Å². The van der Waals surface area contributed by atoms with Gasteiger partial charge in [0.1, 0.15) is 16.3 Å². The number of benzene rings is 2. The van der Waals surface area contributed by atoms with Crippen LogP contribution in [0.5, 0.6) is 5.75 Å². The van der Waals surface area contributed by atoms with Gasteiger partial charge in [-0.1, -0.05) is 12.1 Å². The number of thiazole rings is 1. The lowest BCUT2D eigenvalue weighted by atomic mass is 10.2. The number of hydrogen-bond donors (Lipinski definition) is 0. The van der Waals surface area contributed by atoms with Crippen molar-refractivity contribution in [1.82, 2.24) is 4.98 Å². The molecular weight excluding hydrogens is 362 g/mol. The molecule has 0 spiro atoms. The minimum atomic E-state index is -3.65. The fourth-order valence-corrected chi connectivity index (χ4v) is 3.88. The molecule has 25 heavy (non-hydrogen) atoms. The minimum absolute atomic E-state index is 0.0888. The fourth-order valence-electron chi connectivity index (χ4n) is 2.45. The zero-order valence-corrected chi connectivity index (χ0v) is 14.6. The van der Waals surface area contributed by atoms with Crippen LogP contribution in [0.15, 0.2) is 57.7 Å². The van der Waals surface area contributed by atoms with Gasteiger partial charge in [-0.05, 0) is 30.3 Å². The van der Waals surface area contributed by atoms with Crippen LogP contribution in [0.1, 0.15) is 0 Å². The first kappa shape index (κ1) is 15.8. The van der Waals surface area contributed by atoms with Crippen LogP contribution in [0.2, 0.25) is 0 Å². The van der Waals surface area contributed by atoms with E-state index in [0.717, 1.165) is 16.5 Å². The van der Waals surface area contributed by atoms with E-state index in [-0.39, 0.29) is 11.3 Å². The molecule has 0 N–H and O–H groups in total. The molecule has 0 saturated carbocycles. The molecule has 2 aromatic carbocycles. The summed E-state index contributed by atoms with van der Waals surface area (Å²) in [5.74, 6) is 0.0888. The third-order valence-electron chi connectivity index (χ3n) is 3.48. The maximum absolute atomic E-state index is 12.3. The molecule has 0 aliphatic rings. The summed E-state index contributed by atoms with van der Waals surface area (Å²) in [6.07, 6.45) is 0.948. The maximum atomic E-state index is 12.3. The zero-order valence-electron chi connectivity index (χ0n) is 12.9. The molecule has 6 nitrogen and oxygen atoms in total. The van der Waals surface area contributed by atoms with E-state index in [2.05, 4.69) is 4.98 Å². The number of para-hydroxylation sites is 1. The SMILES string of the molecule is CS(=O)(=O)Oc1ccc2cc(-c3nc4ccccc4s3)c(=O)oc2c1. The van der Waals surface area contributed by atoms with Gasteiger partial charge < -0.3 is 8.60 Å². The Labute approximate surface area is 146 Å². The molecule has 2 aromatic heterocycles. The Morgan fingerprint density at radius 2 is 1.92 bits per heavy atom. The van der Waals surface area contributed by atoms with Crippen molar-refractivity contribution in [2.75, 3.05) is 6.26 Å². The van der Waals surface area contributed by atoms with E-state index in [4.69, 9.17) is 8.60 Å². The second-order valence-electron chi connectivity index (χ2n) is 5.42. The second kappa shape index (κ2) is 5.68. The fraction of sp³-hybridized carbons (Fsp3) is 0.0588. The van der Waals surface area contributed by atoms with Gasteiger partial charge in [0, 0.05) is 11.5 Å². The van der Waals surface area contributed by atoms with Crippen molar-refractivity contribution in [2.45, 2.75) is 0 Å². The van der Waals surface area contributed by atoms with Crippen LogP contribution in [0.4, 0.5) is 0 Å². The summed E-state index contributed by atoms with van der Waals surface area (Å²) < 4.78 is 33.5. The lowest BCUT2D eigenvalue weighted by Crippen LogP contribution is -2.06. The van der Waals surface area contributed by atoms with Crippen molar-refractivity contribution in [3.63, 3.8) is 0 Å². The van der Waals surface area contributed by atoms with E-state index in [0.29, 0.717) is 16.0 Å². The standard InChI is InChI=1S/C17H11NO5S2/c1-25(20,21)23-11-7-6-10-8-12(17(19)22-14(10)9-11)16-18-13-4-2-3-5-15(13)24-16/h2-9H,1H3. The zero-order chi connectivity index (χ0) is 17.6. The average Bonchev–Trinajstić information content (AvgIpc) is 2.96. The Balaban J connectivity index is 1.84. The monoisotopic (exact) mass is 373 g/mol. The molecule has 0 aliphatic carbocycles. The number of rotatable bonds is 3. The highest BCUT2D eigenvalue weighted by Gasteiger charge is 2.14. The van der Waals surface area contributed by atoms with Crippen molar-refractivity contribution in [3.05, 3.63) is 59.0 Å². The number of aromatic nitrogens is 1. The lowest BCUT2D eigenvalue weighted by Gasteiger charge is -2.04. The number of fused-ring (bicyclic) bond motifs is 2.